The summed E-state index contributed by atoms with van der Waals surface area (Å²) in [5.74, 6) is 0. The van der Waals surface area contributed by atoms with Gasteiger partial charge in [-0.15, -0.1) is 0 Å². The fourth-order valence-electron chi connectivity index (χ4n) is 3.38. The van der Waals surface area contributed by atoms with E-state index < -0.39 is 0 Å². The van der Waals surface area contributed by atoms with E-state index in [2.05, 4.69) is 89.8 Å². The van der Waals surface area contributed by atoms with Crippen LogP contribution < -0.4 is 4.90 Å². The van der Waals surface area contributed by atoms with Crippen LogP contribution >= 0.6 is 0 Å². The number of hydrogen-bond donors (Lipinski definition) is 0. The molecule has 0 unspecified atom stereocenters. The van der Waals surface area contributed by atoms with E-state index in [1.54, 1.807) is 0 Å². The maximum atomic E-state index is 5.57. The molecule has 1 heterocycles. The fourth-order valence-corrected chi connectivity index (χ4v) is 3.38. The van der Waals surface area contributed by atoms with Crippen molar-refractivity contribution in [1.82, 2.24) is 0 Å². The van der Waals surface area contributed by atoms with Gasteiger partial charge in [-0.25, -0.2) is 0 Å². The molecule has 3 aromatic rings. The summed E-state index contributed by atoms with van der Waals surface area (Å²) >= 11 is 0. The van der Waals surface area contributed by atoms with Gasteiger partial charge in [0.2, 0.25) is 0 Å². The number of nitrogens with zero attached hydrogens (tertiary/aromatic N) is 2. The summed E-state index contributed by atoms with van der Waals surface area (Å²) < 4.78 is 0. The minimum Gasteiger partial charge on any atom is -0.391 e. The smallest absolute Gasteiger partial charge is 0.142 e. The van der Waals surface area contributed by atoms with Crippen molar-refractivity contribution in [2.75, 3.05) is 4.90 Å². The van der Waals surface area contributed by atoms with Gasteiger partial charge in [0.05, 0.1) is 5.71 Å². The molecule has 3 nitrogen and oxygen atoms in total. The molecular formula is C24H24N2O. The Balaban J connectivity index is 1.43. The van der Waals surface area contributed by atoms with Crippen molar-refractivity contribution < 1.29 is 4.84 Å². The first-order chi connectivity index (χ1) is 13.2. The van der Waals surface area contributed by atoms with Crippen LogP contribution in [0.25, 0.3) is 0 Å². The molecule has 3 aromatic carbocycles. The first-order valence-corrected chi connectivity index (χ1v) is 9.33. The monoisotopic (exact) mass is 356 g/mol. The predicted octanol–water partition coefficient (Wildman–Crippen LogP) is 5.46. The van der Waals surface area contributed by atoms with Crippen LogP contribution in [-0.4, -0.2) is 5.71 Å². The zero-order valence-electron chi connectivity index (χ0n) is 15.9. The zero-order valence-corrected chi connectivity index (χ0v) is 15.9. The van der Waals surface area contributed by atoms with Crippen LogP contribution in [0.5, 0.6) is 0 Å². The third kappa shape index (κ3) is 4.03. The van der Waals surface area contributed by atoms with Gasteiger partial charge in [-0.2, -0.15) is 0 Å². The Morgan fingerprint density at radius 2 is 1.63 bits per heavy atom. The molecule has 3 heteroatoms. The van der Waals surface area contributed by atoms with Crippen LogP contribution in [0.2, 0.25) is 0 Å². The van der Waals surface area contributed by atoms with Crippen molar-refractivity contribution >= 4 is 11.4 Å². The van der Waals surface area contributed by atoms with Crippen LogP contribution in [0.3, 0.4) is 0 Å². The molecule has 0 radical (unpaired) electrons. The van der Waals surface area contributed by atoms with E-state index in [0.29, 0.717) is 6.61 Å². The van der Waals surface area contributed by atoms with Gasteiger partial charge < -0.3 is 9.74 Å². The van der Waals surface area contributed by atoms with E-state index >= 15 is 0 Å². The molecule has 0 amide bonds. The first kappa shape index (κ1) is 17.3. The molecule has 0 bridgehead atoms. The molecule has 0 saturated heterocycles. The van der Waals surface area contributed by atoms with Gasteiger partial charge in [-0.05, 0) is 42.7 Å². The molecule has 1 aliphatic heterocycles. The Morgan fingerprint density at radius 3 is 2.33 bits per heavy atom. The summed E-state index contributed by atoms with van der Waals surface area (Å²) in [5.41, 5.74) is 8.40. The predicted molar refractivity (Wildman–Crippen MR) is 111 cm³/mol. The summed E-state index contributed by atoms with van der Waals surface area (Å²) in [6, 6.07) is 25.5. The van der Waals surface area contributed by atoms with Crippen LogP contribution in [0, 0.1) is 6.92 Å². The van der Waals surface area contributed by atoms with E-state index in [9.17, 15) is 0 Å². The molecule has 1 aliphatic rings. The number of hydrogen-bond acceptors (Lipinski definition) is 3. The van der Waals surface area contributed by atoms with Crippen molar-refractivity contribution in [3.8, 4) is 0 Å². The molecule has 4 rings (SSSR count). The average molecular weight is 356 g/mol. The average Bonchev–Trinajstić information content (AvgIpc) is 3.14. The molecule has 136 valence electrons. The quantitative estimate of drug-likeness (QED) is 0.448. The summed E-state index contributed by atoms with van der Waals surface area (Å²) in [4.78, 5) is 7.96. The van der Waals surface area contributed by atoms with Crippen LogP contribution in [0.15, 0.2) is 78.0 Å². The maximum absolute atomic E-state index is 5.57. The van der Waals surface area contributed by atoms with E-state index in [-0.39, 0.29) is 0 Å². The molecule has 0 spiro atoms. The highest BCUT2D eigenvalue weighted by molar-refractivity contribution is 5.99. The molecule has 0 saturated carbocycles. The van der Waals surface area contributed by atoms with Crippen molar-refractivity contribution in [2.24, 2.45) is 5.16 Å². The minimum atomic E-state index is 0.485. The van der Waals surface area contributed by atoms with Gasteiger partial charge >= 0.3 is 0 Å². The highest BCUT2D eigenvalue weighted by atomic mass is 16.6. The Labute approximate surface area is 160 Å². The van der Waals surface area contributed by atoms with Crippen molar-refractivity contribution in [3.63, 3.8) is 0 Å². The molecular weight excluding hydrogens is 332 g/mol. The van der Waals surface area contributed by atoms with Gasteiger partial charge in [-0.3, -0.25) is 0 Å². The van der Waals surface area contributed by atoms with Crippen molar-refractivity contribution in [2.45, 2.75) is 33.5 Å². The second kappa shape index (κ2) is 7.67. The molecule has 0 aliphatic carbocycles. The lowest BCUT2D eigenvalue weighted by molar-refractivity contribution is 0.130. The largest absolute Gasteiger partial charge is 0.391 e. The van der Waals surface area contributed by atoms with Crippen LogP contribution in [-0.2, 0) is 24.5 Å². The summed E-state index contributed by atoms with van der Waals surface area (Å²) in [6.07, 6.45) is 0. The summed E-state index contributed by atoms with van der Waals surface area (Å²) in [5, 5.41) is 4.32. The van der Waals surface area contributed by atoms with Gasteiger partial charge in [-0.1, -0.05) is 71.4 Å². The highest BCUT2D eigenvalue weighted by Gasteiger charge is 2.18. The molecule has 0 aromatic heterocycles. The van der Waals surface area contributed by atoms with Crippen molar-refractivity contribution in [1.29, 1.82) is 0 Å². The lowest BCUT2D eigenvalue weighted by atomic mass is 10.1. The molecule has 0 atom stereocenters. The Bertz CT molecular complexity index is 935. The van der Waals surface area contributed by atoms with Gasteiger partial charge in [0.1, 0.15) is 6.61 Å². The Hall–Kier alpha value is -3.07. The van der Waals surface area contributed by atoms with Crippen LogP contribution in [0.1, 0.15) is 34.7 Å². The number of anilines is 1. The second-order valence-electron chi connectivity index (χ2n) is 7.11. The Morgan fingerprint density at radius 1 is 0.926 bits per heavy atom. The van der Waals surface area contributed by atoms with E-state index in [0.717, 1.165) is 29.9 Å². The normalized spacial score (nSPS) is 13.6. The second-order valence-corrected chi connectivity index (χ2v) is 7.11. The van der Waals surface area contributed by atoms with Crippen LogP contribution in [0.4, 0.5) is 5.69 Å². The van der Waals surface area contributed by atoms with E-state index in [4.69, 9.17) is 4.84 Å². The number of aryl methyl sites for hydroxylation is 1. The molecule has 0 N–H and O–H groups in total. The lowest BCUT2D eigenvalue weighted by Gasteiger charge is -2.18. The number of fused-ring (bicyclic) bond motifs is 1. The molecule has 27 heavy (non-hydrogen) atoms. The van der Waals surface area contributed by atoms with Crippen molar-refractivity contribution in [3.05, 3.63) is 101 Å². The lowest BCUT2D eigenvalue weighted by Crippen LogP contribution is -2.14. The van der Waals surface area contributed by atoms with E-state index in [1.165, 1.54) is 22.4 Å². The highest BCUT2D eigenvalue weighted by Crippen LogP contribution is 2.28. The van der Waals surface area contributed by atoms with Gasteiger partial charge in [0.15, 0.2) is 0 Å². The molecule has 0 fully saturated rings. The SMILES string of the molecule is C/C(=N\OCc1ccc(C)cc1)c1cccc(N2Cc3ccccc3C2)c1. The zero-order chi connectivity index (χ0) is 18.6. The number of rotatable bonds is 5. The minimum absolute atomic E-state index is 0.485. The standard InChI is InChI=1S/C24H24N2O/c1-18-10-12-20(13-11-18)17-27-25-19(2)21-8-5-9-24(14-21)26-15-22-6-3-4-7-23(22)16-26/h3-14H,15-17H2,1-2H3/b25-19+. The number of oxime groups is 1. The third-order valence-corrected chi connectivity index (χ3v) is 5.02. The summed E-state index contributed by atoms with van der Waals surface area (Å²) in [7, 11) is 0. The third-order valence-electron chi connectivity index (χ3n) is 5.02. The van der Waals surface area contributed by atoms with E-state index in [1.807, 2.05) is 6.92 Å². The number of benzene rings is 3. The maximum Gasteiger partial charge on any atom is 0.142 e. The van der Waals surface area contributed by atoms with Gasteiger partial charge in [0, 0.05) is 24.3 Å². The topological polar surface area (TPSA) is 24.8 Å². The summed E-state index contributed by atoms with van der Waals surface area (Å²) in [6.45, 7) is 6.48. The first-order valence-electron chi connectivity index (χ1n) is 9.33. The fraction of sp³-hybridized carbons (Fsp3) is 0.208. The van der Waals surface area contributed by atoms with Gasteiger partial charge in [0.25, 0.3) is 0 Å². The Kier molecular flexibility index (Phi) is 4.93.